The molecule has 0 spiro atoms. The molecule has 37 heavy (non-hydrogen) atoms. The third kappa shape index (κ3) is 5.80. The predicted octanol–water partition coefficient (Wildman–Crippen LogP) is 7.85. The van der Waals surface area contributed by atoms with Crippen LogP contribution in [0.3, 0.4) is 0 Å². The molecule has 3 heterocycles. The van der Waals surface area contributed by atoms with E-state index in [0.29, 0.717) is 11.3 Å². The Kier molecular flexibility index (Phi) is 6.99. The Bertz CT molecular complexity index is 1730. The molecule has 3 aromatic carbocycles. The van der Waals surface area contributed by atoms with Gasteiger partial charge < -0.3 is 14.4 Å². The predicted molar refractivity (Wildman–Crippen MR) is 152 cm³/mol. The standard InChI is InChI=1S/C20H18NOSi.C12H10N.Ir/c1-23(2,3)18-12-7-11-17-19(18)15-9-6-8-14(20(15)22-17)16-10-4-5-13-21-16;1-10-7-8-13-12(9-10)11-5-3-2-4-6-11;/h4-7,9-13H,1-3H3;2-5,7-9H,1H3;/q2*-1;/i;1D3;. The number of benzene rings is 3. The monoisotopic (exact) mass is 680 g/mol. The third-order valence-electron chi connectivity index (χ3n) is 5.93. The van der Waals surface area contributed by atoms with Crippen LogP contribution in [0.5, 0.6) is 0 Å². The van der Waals surface area contributed by atoms with E-state index in [4.69, 9.17) is 8.53 Å². The zero-order chi connectivity index (χ0) is 27.6. The Balaban J connectivity index is 0.000000192. The van der Waals surface area contributed by atoms with Crippen LogP contribution < -0.4 is 5.19 Å². The largest absolute Gasteiger partial charge is 0.501 e. The Labute approximate surface area is 237 Å². The van der Waals surface area contributed by atoms with Crippen molar-refractivity contribution in [2.45, 2.75) is 26.5 Å². The summed E-state index contributed by atoms with van der Waals surface area (Å²) in [5, 5.41) is 3.86. The maximum absolute atomic E-state index is 7.33. The van der Waals surface area contributed by atoms with E-state index in [0.717, 1.165) is 33.4 Å². The molecule has 5 heteroatoms. The van der Waals surface area contributed by atoms with Crippen LogP contribution in [0.15, 0.2) is 102 Å². The molecule has 0 atom stereocenters. The molecule has 0 saturated carbocycles. The van der Waals surface area contributed by atoms with Gasteiger partial charge in [0.15, 0.2) is 0 Å². The number of hydrogen-bond acceptors (Lipinski definition) is 3. The molecular formula is C32H28IrN2OSi-2. The Morgan fingerprint density at radius 3 is 2.38 bits per heavy atom. The smallest absolute Gasteiger partial charge is 0.120 e. The van der Waals surface area contributed by atoms with Crippen molar-refractivity contribution in [1.29, 1.82) is 0 Å². The minimum Gasteiger partial charge on any atom is -0.501 e. The molecular weight excluding hydrogens is 649 g/mol. The van der Waals surface area contributed by atoms with Gasteiger partial charge in [0.1, 0.15) is 5.58 Å². The fourth-order valence-electron chi connectivity index (χ4n) is 4.25. The van der Waals surface area contributed by atoms with Crippen molar-refractivity contribution in [3.05, 3.63) is 115 Å². The van der Waals surface area contributed by atoms with Gasteiger partial charge in [-0.25, -0.2) is 0 Å². The number of pyridine rings is 2. The van der Waals surface area contributed by atoms with Crippen molar-refractivity contribution in [2.75, 3.05) is 0 Å². The normalized spacial score (nSPS) is 12.6. The molecule has 0 amide bonds. The van der Waals surface area contributed by atoms with Gasteiger partial charge in [0.05, 0.1) is 13.7 Å². The van der Waals surface area contributed by atoms with Gasteiger partial charge in [-0.2, -0.15) is 0 Å². The summed E-state index contributed by atoms with van der Waals surface area (Å²) in [6.07, 6.45) is 3.32. The van der Waals surface area contributed by atoms with Crippen LogP contribution in [-0.2, 0) is 20.1 Å². The van der Waals surface area contributed by atoms with Crippen LogP contribution in [0.1, 0.15) is 9.68 Å². The molecule has 3 nitrogen and oxygen atoms in total. The van der Waals surface area contributed by atoms with E-state index >= 15 is 0 Å². The second-order valence-corrected chi connectivity index (χ2v) is 14.6. The van der Waals surface area contributed by atoms with Crippen LogP contribution in [0.2, 0.25) is 19.6 Å². The van der Waals surface area contributed by atoms with E-state index in [1.54, 1.807) is 18.3 Å². The fraction of sp³-hybridized carbons (Fsp3) is 0.125. The first-order valence-electron chi connectivity index (χ1n) is 13.3. The summed E-state index contributed by atoms with van der Waals surface area (Å²) < 4.78 is 28.2. The summed E-state index contributed by atoms with van der Waals surface area (Å²) in [5.74, 6) is 0. The van der Waals surface area contributed by atoms with E-state index < -0.39 is 14.9 Å². The molecule has 1 radical (unpaired) electrons. The Morgan fingerprint density at radius 2 is 1.65 bits per heavy atom. The zero-order valence-corrected chi connectivity index (χ0v) is 24.3. The average Bonchev–Trinajstić information content (AvgIpc) is 3.32. The summed E-state index contributed by atoms with van der Waals surface area (Å²) in [6.45, 7) is 5.02. The minimum atomic E-state index is -2.09. The molecule has 0 aliphatic heterocycles. The zero-order valence-electron chi connectivity index (χ0n) is 23.9. The molecule has 3 aromatic heterocycles. The van der Waals surface area contributed by atoms with Gasteiger partial charge in [0.25, 0.3) is 0 Å². The molecule has 0 N–H and O–H groups in total. The molecule has 187 valence electrons. The summed E-state index contributed by atoms with van der Waals surface area (Å²) in [6, 6.07) is 33.2. The summed E-state index contributed by atoms with van der Waals surface area (Å²) in [7, 11) is -1.46. The first-order valence-corrected chi connectivity index (χ1v) is 15.3. The molecule has 0 aliphatic carbocycles. The SMILES string of the molecule is C[Si](C)(C)c1cccc2oc3c(-c4ccccn4)[c-]ccc3c12.[2H]C([2H])([2H])c1ccnc(-c2[c-]cccc2)c1.[Ir]. The van der Waals surface area contributed by atoms with Gasteiger partial charge in [-0.3, -0.25) is 0 Å². The molecule has 6 aromatic rings. The number of hydrogen-bond donors (Lipinski definition) is 0. The summed E-state index contributed by atoms with van der Waals surface area (Å²) >= 11 is 0. The minimum absolute atomic E-state index is 0. The number of aryl methyl sites for hydroxylation is 1. The number of furan rings is 1. The maximum atomic E-state index is 7.33. The van der Waals surface area contributed by atoms with Crippen molar-refractivity contribution >= 4 is 35.2 Å². The molecule has 0 fully saturated rings. The second kappa shape index (κ2) is 11.3. The van der Waals surface area contributed by atoms with Crippen molar-refractivity contribution < 1.29 is 28.6 Å². The van der Waals surface area contributed by atoms with Crippen molar-refractivity contribution in [3.8, 4) is 22.5 Å². The van der Waals surface area contributed by atoms with Crippen LogP contribution in [0.4, 0.5) is 0 Å². The first kappa shape index (κ1) is 22.8. The van der Waals surface area contributed by atoms with Crippen LogP contribution in [0.25, 0.3) is 44.5 Å². The van der Waals surface area contributed by atoms with Crippen molar-refractivity contribution in [1.82, 2.24) is 9.97 Å². The number of fused-ring (bicyclic) bond motifs is 3. The van der Waals surface area contributed by atoms with Gasteiger partial charge in [-0.15, -0.1) is 54.1 Å². The molecule has 0 unspecified atom stereocenters. The maximum Gasteiger partial charge on any atom is 0.120 e. The number of aromatic nitrogens is 2. The average molecular weight is 680 g/mol. The van der Waals surface area contributed by atoms with E-state index in [1.165, 1.54) is 22.8 Å². The summed E-state index contributed by atoms with van der Waals surface area (Å²) in [4.78, 5) is 8.60. The van der Waals surface area contributed by atoms with Gasteiger partial charge in [-0.05, 0) is 36.4 Å². The molecule has 0 bridgehead atoms. The topological polar surface area (TPSA) is 38.9 Å². The quantitative estimate of drug-likeness (QED) is 0.141. The van der Waals surface area contributed by atoms with Crippen molar-refractivity contribution in [3.63, 3.8) is 0 Å². The van der Waals surface area contributed by atoms with Crippen molar-refractivity contribution in [2.24, 2.45) is 0 Å². The van der Waals surface area contributed by atoms with Crippen LogP contribution in [0, 0.1) is 19.0 Å². The second-order valence-electron chi connectivity index (χ2n) is 9.55. The molecule has 0 aliphatic rings. The number of nitrogens with zero attached hydrogens (tertiary/aromatic N) is 2. The van der Waals surface area contributed by atoms with E-state index in [1.807, 2.05) is 42.5 Å². The summed E-state index contributed by atoms with van der Waals surface area (Å²) in [5.41, 5.74) is 5.40. The molecule has 6 rings (SSSR count). The van der Waals surface area contributed by atoms with Gasteiger partial charge in [0.2, 0.25) is 0 Å². The van der Waals surface area contributed by atoms with E-state index in [-0.39, 0.29) is 20.1 Å². The van der Waals surface area contributed by atoms with E-state index in [9.17, 15) is 0 Å². The number of rotatable bonds is 3. The van der Waals surface area contributed by atoms with E-state index in [2.05, 4.69) is 66.0 Å². The Hall–Kier alpha value is -3.37. The van der Waals surface area contributed by atoms with Gasteiger partial charge in [0, 0.05) is 42.0 Å². The fourth-order valence-corrected chi connectivity index (χ4v) is 5.85. The molecule has 0 saturated heterocycles. The van der Waals surface area contributed by atoms with Gasteiger partial charge >= 0.3 is 0 Å². The Morgan fingerprint density at radius 1 is 0.811 bits per heavy atom. The van der Waals surface area contributed by atoms with Crippen LogP contribution in [-0.4, -0.2) is 18.0 Å². The van der Waals surface area contributed by atoms with Gasteiger partial charge in [-0.1, -0.05) is 71.7 Å². The first-order chi connectivity index (χ1) is 18.6. The van der Waals surface area contributed by atoms with Crippen LogP contribution >= 0.6 is 0 Å². The third-order valence-corrected chi connectivity index (χ3v) is 7.96.